The molecule has 20 heavy (non-hydrogen) atoms. The summed E-state index contributed by atoms with van der Waals surface area (Å²) in [4.78, 5) is 16.0. The predicted octanol–water partition coefficient (Wildman–Crippen LogP) is 4.25. The van der Waals surface area contributed by atoms with Crippen LogP contribution in [0.15, 0.2) is 29.2 Å². The molecule has 0 spiro atoms. The fourth-order valence-corrected chi connectivity index (χ4v) is 3.39. The van der Waals surface area contributed by atoms with E-state index in [1.807, 2.05) is 24.3 Å². The van der Waals surface area contributed by atoms with Gasteiger partial charge in [0.15, 0.2) is 5.78 Å². The molecule has 1 saturated heterocycles. The van der Waals surface area contributed by atoms with E-state index in [0.717, 1.165) is 12.1 Å². The van der Waals surface area contributed by atoms with Gasteiger partial charge in [-0.2, -0.15) is 0 Å². The number of ketones is 1. The fourth-order valence-electron chi connectivity index (χ4n) is 2.98. The maximum Gasteiger partial charge on any atom is 0.176 e. The van der Waals surface area contributed by atoms with Crippen molar-refractivity contribution in [2.24, 2.45) is 0 Å². The van der Waals surface area contributed by atoms with E-state index in [0.29, 0.717) is 12.6 Å². The molecule has 1 fully saturated rings. The summed E-state index contributed by atoms with van der Waals surface area (Å²) in [5, 5.41) is 0. The van der Waals surface area contributed by atoms with Gasteiger partial charge >= 0.3 is 0 Å². The van der Waals surface area contributed by atoms with E-state index in [1.54, 1.807) is 11.8 Å². The Bertz CT molecular complexity index is 427. The summed E-state index contributed by atoms with van der Waals surface area (Å²) in [5.74, 6) is 0.264. The molecule has 1 atom stereocenters. The lowest BCUT2D eigenvalue weighted by atomic mass is 9.97. The molecule has 2 rings (SSSR count). The highest BCUT2D eigenvalue weighted by Gasteiger charge is 2.23. The summed E-state index contributed by atoms with van der Waals surface area (Å²) in [5.41, 5.74) is 0.851. The number of carbonyl (C=O) groups excluding carboxylic acids is 1. The molecule has 0 saturated carbocycles. The smallest absolute Gasteiger partial charge is 0.176 e. The first-order chi connectivity index (χ1) is 9.74. The number of rotatable bonds is 6. The number of thioether (sulfide) groups is 1. The number of hydrogen-bond donors (Lipinski definition) is 0. The van der Waals surface area contributed by atoms with Crippen LogP contribution in [0, 0.1) is 0 Å². The van der Waals surface area contributed by atoms with Crippen LogP contribution >= 0.6 is 11.8 Å². The molecule has 1 aliphatic rings. The van der Waals surface area contributed by atoms with Crippen molar-refractivity contribution in [3.05, 3.63) is 29.8 Å². The lowest BCUT2D eigenvalue weighted by Gasteiger charge is -2.35. The van der Waals surface area contributed by atoms with Crippen molar-refractivity contribution < 1.29 is 4.79 Å². The molecule has 2 nitrogen and oxygen atoms in total. The molecular weight excluding hydrogens is 266 g/mol. The van der Waals surface area contributed by atoms with Crippen molar-refractivity contribution in [3.63, 3.8) is 0 Å². The maximum atomic E-state index is 12.4. The number of carbonyl (C=O) groups is 1. The lowest BCUT2D eigenvalue weighted by Crippen LogP contribution is -2.42. The van der Waals surface area contributed by atoms with Crippen LogP contribution < -0.4 is 0 Å². The molecule has 0 amide bonds. The van der Waals surface area contributed by atoms with Crippen molar-refractivity contribution >= 4 is 17.5 Å². The zero-order valence-electron chi connectivity index (χ0n) is 12.6. The molecule has 1 unspecified atom stereocenters. The van der Waals surface area contributed by atoms with Gasteiger partial charge in [0.05, 0.1) is 6.54 Å². The Labute approximate surface area is 126 Å². The van der Waals surface area contributed by atoms with Crippen molar-refractivity contribution in [1.29, 1.82) is 0 Å². The van der Waals surface area contributed by atoms with E-state index in [4.69, 9.17) is 0 Å². The van der Waals surface area contributed by atoms with Gasteiger partial charge in [0, 0.05) is 16.5 Å². The van der Waals surface area contributed by atoms with E-state index < -0.39 is 0 Å². The predicted molar refractivity (Wildman–Crippen MR) is 86.7 cm³/mol. The molecule has 0 aromatic heterocycles. The van der Waals surface area contributed by atoms with Gasteiger partial charge in [0.1, 0.15) is 0 Å². The first-order valence-electron chi connectivity index (χ1n) is 7.66. The highest BCUT2D eigenvalue weighted by Crippen LogP contribution is 2.21. The molecule has 0 aliphatic carbocycles. The first kappa shape index (κ1) is 15.6. The third-order valence-corrected chi connectivity index (χ3v) is 4.87. The van der Waals surface area contributed by atoms with Crippen molar-refractivity contribution in [3.8, 4) is 0 Å². The zero-order chi connectivity index (χ0) is 14.4. The molecular formula is C17H25NOS. The summed E-state index contributed by atoms with van der Waals surface area (Å²) >= 11 is 1.71. The minimum absolute atomic E-state index is 0.264. The minimum atomic E-state index is 0.264. The summed E-state index contributed by atoms with van der Waals surface area (Å²) < 4.78 is 0. The summed E-state index contributed by atoms with van der Waals surface area (Å²) in [6.45, 7) is 3.90. The Hall–Kier alpha value is -0.800. The van der Waals surface area contributed by atoms with Gasteiger partial charge < -0.3 is 0 Å². The van der Waals surface area contributed by atoms with Crippen molar-refractivity contribution in [2.45, 2.75) is 50.0 Å². The average molecular weight is 291 g/mol. The molecule has 0 radical (unpaired) electrons. The van der Waals surface area contributed by atoms with Crippen LogP contribution in [0.3, 0.4) is 0 Å². The molecule has 0 N–H and O–H groups in total. The van der Waals surface area contributed by atoms with E-state index in [9.17, 15) is 4.79 Å². The average Bonchev–Trinajstić information content (AvgIpc) is 2.49. The highest BCUT2D eigenvalue weighted by molar-refractivity contribution is 7.98. The number of nitrogens with zero attached hydrogens (tertiary/aromatic N) is 1. The van der Waals surface area contributed by atoms with Gasteiger partial charge in [-0.3, -0.25) is 9.69 Å². The Balaban J connectivity index is 1.97. The monoisotopic (exact) mass is 291 g/mol. The van der Waals surface area contributed by atoms with E-state index in [-0.39, 0.29) is 5.78 Å². The van der Waals surface area contributed by atoms with Crippen LogP contribution in [0.4, 0.5) is 0 Å². The SMILES string of the molecule is CCCC1CCCCN1CC(=O)c1ccc(SC)cc1. The fraction of sp³-hybridized carbons (Fsp3) is 0.588. The van der Waals surface area contributed by atoms with Crippen molar-refractivity contribution in [1.82, 2.24) is 4.90 Å². The Morgan fingerprint density at radius 3 is 2.70 bits per heavy atom. The molecule has 1 heterocycles. The molecule has 0 bridgehead atoms. The quantitative estimate of drug-likeness (QED) is 0.577. The van der Waals surface area contributed by atoms with Gasteiger partial charge in [-0.25, -0.2) is 0 Å². The number of likely N-dealkylation sites (tertiary alicyclic amines) is 1. The second kappa shape index (κ2) is 7.84. The Kier molecular flexibility index (Phi) is 6.11. The standard InChI is InChI=1S/C17H25NOS/c1-3-6-15-7-4-5-12-18(15)13-17(19)14-8-10-16(20-2)11-9-14/h8-11,15H,3-7,12-13H2,1-2H3. The largest absolute Gasteiger partial charge is 0.293 e. The first-order valence-corrected chi connectivity index (χ1v) is 8.88. The van der Waals surface area contributed by atoms with Crippen LogP contribution in [0.25, 0.3) is 0 Å². The van der Waals surface area contributed by atoms with Crippen LogP contribution in [0.1, 0.15) is 49.4 Å². The van der Waals surface area contributed by atoms with Crippen LogP contribution in [0.2, 0.25) is 0 Å². The molecule has 3 heteroatoms. The lowest BCUT2D eigenvalue weighted by molar-refractivity contribution is 0.0831. The van der Waals surface area contributed by atoms with Gasteiger partial charge in [-0.05, 0) is 44.2 Å². The highest BCUT2D eigenvalue weighted by atomic mass is 32.2. The molecule has 1 aromatic rings. The normalized spacial score (nSPS) is 20.0. The number of hydrogen-bond acceptors (Lipinski definition) is 3. The number of Topliss-reactive ketones (excluding diaryl/α,β-unsaturated/α-hetero) is 1. The molecule has 1 aliphatic heterocycles. The zero-order valence-corrected chi connectivity index (χ0v) is 13.4. The number of benzene rings is 1. The molecule has 1 aromatic carbocycles. The Morgan fingerprint density at radius 1 is 1.30 bits per heavy atom. The van der Waals surface area contributed by atoms with E-state index in [1.165, 1.54) is 37.0 Å². The van der Waals surface area contributed by atoms with E-state index >= 15 is 0 Å². The minimum Gasteiger partial charge on any atom is -0.293 e. The van der Waals surface area contributed by atoms with E-state index in [2.05, 4.69) is 18.1 Å². The second-order valence-corrected chi connectivity index (χ2v) is 6.44. The van der Waals surface area contributed by atoms with Gasteiger partial charge in [0.25, 0.3) is 0 Å². The Morgan fingerprint density at radius 2 is 2.05 bits per heavy atom. The summed E-state index contributed by atoms with van der Waals surface area (Å²) in [6, 6.07) is 8.62. The summed E-state index contributed by atoms with van der Waals surface area (Å²) in [6.07, 6.45) is 8.29. The third kappa shape index (κ3) is 4.10. The topological polar surface area (TPSA) is 20.3 Å². The van der Waals surface area contributed by atoms with Crippen LogP contribution in [-0.4, -0.2) is 36.1 Å². The number of piperidine rings is 1. The maximum absolute atomic E-state index is 12.4. The van der Waals surface area contributed by atoms with Crippen LogP contribution in [0.5, 0.6) is 0 Å². The summed E-state index contributed by atoms with van der Waals surface area (Å²) in [7, 11) is 0. The molecule has 110 valence electrons. The van der Waals surface area contributed by atoms with Crippen molar-refractivity contribution in [2.75, 3.05) is 19.3 Å². The van der Waals surface area contributed by atoms with Gasteiger partial charge in [-0.1, -0.05) is 31.9 Å². The van der Waals surface area contributed by atoms with Gasteiger partial charge in [0.2, 0.25) is 0 Å². The van der Waals surface area contributed by atoms with Gasteiger partial charge in [-0.15, -0.1) is 11.8 Å². The second-order valence-electron chi connectivity index (χ2n) is 5.56. The third-order valence-electron chi connectivity index (χ3n) is 4.13. The van der Waals surface area contributed by atoms with Crippen LogP contribution in [-0.2, 0) is 0 Å².